The molecule has 0 fully saturated rings. The minimum atomic E-state index is -0.706. The van der Waals surface area contributed by atoms with Gasteiger partial charge in [-0.15, -0.1) is 5.52 Å². The maximum atomic E-state index is 12.0. The molecule has 1 amide bonds. The van der Waals surface area contributed by atoms with E-state index < -0.39 is 5.41 Å². The van der Waals surface area contributed by atoms with Gasteiger partial charge in [-0.1, -0.05) is 62.4 Å². The Bertz CT molecular complexity index is 811. The second-order valence-corrected chi connectivity index (χ2v) is 6.09. The van der Waals surface area contributed by atoms with Gasteiger partial charge in [-0.25, -0.2) is 0 Å². The molecule has 112 valence electrons. The summed E-state index contributed by atoms with van der Waals surface area (Å²) >= 11 is 0. The summed E-state index contributed by atoms with van der Waals surface area (Å²) in [6.45, 7) is 3.78. The van der Waals surface area contributed by atoms with Gasteiger partial charge in [0.1, 0.15) is 0 Å². The second-order valence-electron chi connectivity index (χ2n) is 6.09. The third kappa shape index (κ3) is 3.66. The molecule has 23 heavy (non-hydrogen) atoms. The average Bonchev–Trinajstić information content (AvgIpc) is 2.96. The Balaban J connectivity index is 0.00000192. The van der Waals surface area contributed by atoms with E-state index in [0.717, 1.165) is 22.0 Å². The van der Waals surface area contributed by atoms with Crippen LogP contribution in [-0.4, -0.2) is 11.0 Å². The first-order valence-corrected chi connectivity index (χ1v) is 7.23. The second kappa shape index (κ2) is 7.39. The molecule has 4 nitrogen and oxygen atoms in total. The largest absolute Gasteiger partial charge is 1.00 e. The van der Waals surface area contributed by atoms with Crippen LogP contribution in [0.25, 0.3) is 10.9 Å². The van der Waals surface area contributed by atoms with Crippen molar-refractivity contribution in [2.45, 2.75) is 19.8 Å². The number of carbonyl (C=O) groups is 1. The smallest absolute Gasteiger partial charge is 0.575 e. The number of hydrogen-bond acceptors (Lipinski definition) is 2. The van der Waals surface area contributed by atoms with Gasteiger partial charge in [0.2, 0.25) is 5.91 Å². The summed E-state index contributed by atoms with van der Waals surface area (Å²) in [5.41, 5.74) is 7.93. The Kier molecular flexibility index (Phi) is 5.95. The molecule has 1 atom stereocenters. The molecule has 1 heterocycles. The van der Waals surface area contributed by atoms with E-state index >= 15 is 0 Å². The number of carbonyl (C=O) groups excluding carboxylic acids is 1. The van der Waals surface area contributed by atoms with Crippen LogP contribution >= 0.6 is 0 Å². The summed E-state index contributed by atoms with van der Waals surface area (Å²) in [5, 5.41) is 8.95. The molecule has 0 saturated heterocycles. The summed E-state index contributed by atoms with van der Waals surface area (Å²) < 4.78 is 0. The minimum absolute atomic E-state index is 0. The molecule has 0 radical (unpaired) electrons. The Labute approximate surface area is 184 Å². The molecular formula is C18H18N3ORb. The number of aromatic nitrogens is 2. The molecular weight excluding hydrogens is 360 g/mol. The Hall–Kier alpha value is -0.815. The fraction of sp³-hybridized carbons (Fsp3) is 0.222. The maximum absolute atomic E-state index is 12.0. The molecule has 0 aliphatic carbocycles. The van der Waals surface area contributed by atoms with E-state index in [0.29, 0.717) is 0 Å². The molecule has 0 spiro atoms. The van der Waals surface area contributed by atoms with Gasteiger partial charge in [0.05, 0.1) is 5.41 Å². The van der Waals surface area contributed by atoms with E-state index in [1.807, 2.05) is 62.4 Å². The predicted octanol–water partition coefficient (Wildman–Crippen LogP) is -0.161. The van der Waals surface area contributed by atoms with E-state index in [1.165, 1.54) is 0 Å². The zero-order chi connectivity index (χ0) is 15.7. The molecule has 2 N–H and O–H groups in total. The monoisotopic (exact) mass is 377 g/mol. The van der Waals surface area contributed by atoms with Crippen LogP contribution in [0.5, 0.6) is 0 Å². The van der Waals surface area contributed by atoms with Gasteiger partial charge in [-0.3, -0.25) is 4.79 Å². The van der Waals surface area contributed by atoms with Gasteiger partial charge >= 0.3 is 58.2 Å². The summed E-state index contributed by atoms with van der Waals surface area (Å²) in [7, 11) is 0. The number of rotatable bonds is 4. The molecule has 3 rings (SSSR count). The van der Waals surface area contributed by atoms with Crippen molar-refractivity contribution in [1.82, 2.24) is 10.2 Å². The molecule has 0 aliphatic rings. The first-order chi connectivity index (χ1) is 10.5. The fourth-order valence-electron chi connectivity index (χ4n) is 2.91. The van der Waals surface area contributed by atoms with Crippen LogP contribution in [0, 0.1) is 5.41 Å². The van der Waals surface area contributed by atoms with E-state index in [4.69, 9.17) is 5.73 Å². The van der Waals surface area contributed by atoms with Crippen LogP contribution in [0.3, 0.4) is 0 Å². The van der Waals surface area contributed by atoms with Gasteiger partial charge in [0.15, 0.2) is 0 Å². The third-order valence-electron chi connectivity index (χ3n) is 4.24. The van der Waals surface area contributed by atoms with Crippen molar-refractivity contribution in [3.05, 3.63) is 65.9 Å². The summed E-state index contributed by atoms with van der Waals surface area (Å²) in [6.07, 6.45) is 1.73. The van der Waals surface area contributed by atoms with Crippen molar-refractivity contribution in [3.8, 4) is 0 Å². The van der Waals surface area contributed by atoms with Crippen LogP contribution in [0.1, 0.15) is 30.9 Å². The van der Waals surface area contributed by atoms with Gasteiger partial charge in [-0.05, 0) is 16.5 Å². The van der Waals surface area contributed by atoms with Crippen molar-refractivity contribution >= 4 is 16.8 Å². The van der Waals surface area contributed by atoms with Gasteiger partial charge in [0, 0.05) is 12.1 Å². The van der Waals surface area contributed by atoms with Crippen molar-refractivity contribution in [2.24, 2.45) is 11.1 Å². The van der Waals surface area contributed by atoms with Gasteiger partial charge in [-0.2, -0.15) is 0 Å². The van der Waals surface area contributed by atoms with Crippen molar-refractivity contribution < 1.29 is 63.0 Å². The normalized spacial score (nSPS) is 12.6. The predicted molar refractivity (Wildman–Crippen MR) is 86.3 cm³/mol. The quantitative estimate of drug-likeness (QED) is 0.687. The van der Waals surface area contributed by atoms with E-state index in [-0.39, 0.29) is 70.0 Å². The van der Waals surface area contributed by atoms with E-state index in [1.54, 1.807) is 6.20 Å². The number of amides is 1. The number of hydrogen-bond donors (Lipinski definition) is 1. The number of fused-ring (bicyclic) bond motifs is 1. The summed E-state index contributed by atoms with van der Waals surface area (Å²) in [4.78, 5) is 12.0. The fourth-order valence-corrected chi connectivity index (χ4v) is 2.91. The first-order valence-electron chi connectivity index (χ1n) is 7.23. The van der Waals surface area contributed by atoms with Crippen LogP contribution in [0.4, 0.5) is 0 Å². The summed E-state index contributed by atoms with van der Waals surface area (Å²) in [5.74, 6) is -0.439. The average molecular weight is 378 g/mol. The van der Waals surface area contributed by atoms with Crippen LogP contribution in [0.2, 0.25) is 0 Å². The third-order valence-corrected chi connectivity index (χ3v) is 4.24. The van der Waals surface area contributed by atoms with E-state index in [2.05, 4.69) is 10.2 Å². The summed E-state index contributed by atoms with van der Waals surface area (Å²) in [6, 6.07) is 15.9. The van der Waals surface area contributed by atoms with E-state index in [9.17, 15) is 4.79 Å². The zero-order valence-corrected chi connectivity index (χ0v) is 18.6. The van der Waals surface area contributed by atoms with Crippen molar-refractivity contribution in [3.63, 3.8) is 0 Å². The van der Waals surface area contributed by atoms with Crippen LogP contribution in [-0.2, 0) is 4.79 Å². The topological polar surface area (TPSA) is 70.1 Å². The number of nitrogens with zero attached hydrogens (tertiary/aromatic N) is 2. The minimum Gasteiger partial charge on any atom is -0.575 e. The Morgan fingerprint density at radius 3 is 2.48 bits per heavy atom. The van der Waals surface area contributed by atoms with Gasteiger partial charge in [0.25, 0.3) is 0 Å². The molecule has 2 aromatic carbocycles. The number of benzene rings is 2. The van der Waals surface area contributed by atoms with Crippen molar-refractivity contribution in [1.29, 1.82) is 0 Å². The van der Waals surface area contributed by atoms with Gasteiger partial charge < -0.3 is 15.9 Å². The molecule has 5 heteroatoms. The first kappa shape index (κ1) is 18.5. The molecule has 0 saturated carbocycles. The molecule has 1 unspecified atom stereocenters. The maximum Gasteiger partial charge on any atom is 1.00 e. The van der Waals surface area contributed by atoms with Crippen LogP contribution < -0.4 is 69.0 Å². The number of primary amides is 1. The molecule has 1 aromatic heterocycles. The molecule has 3 aromatic rings. The Morgan fingerprint density at radius 1 is 1.13 bits per heavy atom. The van der Waals surface area contributed by atoms with Crippen molar-refractivity contribution in [2.75, 3.05) is 0 Å². The number of nitrogens with two attached hydrogens (primary N) is 1. The molecule has 0 bridgehead atoms. The zero-order valence-electron chi connectivity index (χ0n) is 13.7. The molecule has 0 aliphatic heterocycles. The van der Waals surface area contributed by atoms with Crippen LogP contribution in [0.15, 0.2) is 54.7 Å². The standard InChI is InChI=1S/C18H19N3O.Rb/c1-18(2,17(19)22)16(12-6-4-3-5-7-12)13-8-9-15-14(10-13)11-20-21-15;/h3-11,16H,1-2H3,(H3,19,20,21,22);/q;+1/p-1. The SMILES string of the molecule is CC(C)(C(N)=O)C(c1ccccc1)c1ccc2[n-]ncc2c1.[Rb+]. The Morgan fingerprint density at radius 2 is 1.83 bits per heavy atom.